The molecular weight excluding hydrogens is 314 g/mol. The van der Waals surface area contributed by atoms with Gasteiger partial charge in [-0.3, -0.25) is 9.59 Å². The van der Waals surface area contributed by atoms with Crippen LogP contribution in [0, 0.1) is 13.8 Å². The van der Waals surface area contributed by atoms with Crippen molar-refractivity contribution in [1.29, 1.82) is 0 Å². The van der Waals surface area contributed by atoms with Crippen molar-refractivity contribution in [2.75, 3.05) is 13.2 Å². The van der Waals surface area contributed by atoms with Crippen LogP contribution in [0.2, 0.25) is 5.02 Å². The van der Waals surface area contributed by atoms with E-state index in [9.17, 15) is 9.59 Å². The number of halogens is 1. The first-order chi connectivity index (χ1) is 11.0. The maximum absolute atomic E-state index is 11.9. The van der Waals surface area contributed by atoms with E-state index in [0.29, 0.717) is 16.3 Å². The number of rotatable bonds is 6. The van der Waals surface area contributed by atoms with Gasteiger partial charge in [0.25, 0.3) is 5.91 Å². The molecule has 0 aliphatic rings. The number of nitrogens with one attached hydrogen (secondary N) is 1. The Morgan fingerprint density at radius 2 is 1.78 bits per heavy atom. The van der Waals surface area contributed by atoms with Crippen LogP contribution < -0.4 is 10.1 Å². The summed E-state index contributed by atoms with van der Waals surface area (Å²) in [4.78, 5) is 23.7. The van der Waals surface area contributed by atoms with Crippen molar-refractivity contribution in [3.63, 3.8) is 0 Å². The highest BCUT2D eigenvalue weighted by atomic mass is 35.5. The number of Topliss-reactive ketones (excluding diaryl/α,β-unsaturated/α-hetero) is 1. The van der Waals surface area contributed by atoms with Crippen LogP contribution in [0.15, 0.2) is 42.5 Å². The van der Waals surface area contributed by atoms with E-state index in [1.165, 1.54) is 0 Å². The van der Waals surface area contributed by atoms with E-state index < -0.39 is 0 Å². The minimum Gasteiger partial charge on any atom is -0.484 e. The average Bonchev–Trinajstić information content (AvgIpc) is 2.52. The molecule has 0 heterocycles. The van der Waals surface area contributed by atoms with Crippen molar-refractivity contribution in [2.24, 2.45) is 0 Å². The molecule has 1 amide bonds. The number of carbonyl (C=O) groups is 2. The molecule has 2 aromatic rings. The van der Waals surface area contributed by atoms with Crippen LogP contribution >= 0.6 is 11.6 Å². The van der Waals surface area contributed by atoms with Crippen molar-refractivity contribution in [1.82, 2.24) is 5.32 Å². The van der Waals surface area contributed by atoms with Gasteiger partial charge in [-0.15, -0.1) is 0 Å². The molecule has 4 nitrogen and oxygen atoms in total. The molecule has 0 bridgehead atoms. The minimum absolute atomic E-state index is 0.0727. The van der Waals surface area contributed by atoms with Crippen molar-refractivity contribution >= 4 is 23.3 Å². The van der Waals surface area contributed by atoms with E-state index in [2.05, 4.69) is 5.32 Å². The Labute approximate surface area is 140 Å². The zero-order valence-electron chi connectivity index (χ0n) is 13.1. The molecule has 0 saturated carbocycles. The van der Waals surface area contributed by atoms with Crippen LogP contribution in [0.4, 0.5) is 0 Å². The zero-order chi connectivity index (χ0) is 16.8. The summed E-state index contributed by atoms with van der Waals surface area (Å²) in [6, 6.07) is 12.3. The third kappa shape index (κ3) is 5.11. The Balaban J connectivity index is 1.81. The van der Waals surface area contributed by atoms with Crippen molar-refractivity contribution in [2.45, 2.75) is 13.8 Å². The highest BCUT2D eigenvalue weighted by Crippen LogP contribution is 2.18. The summed E-state index contributed by atoms with van der Waals surface area (Å²) >= 11 is 5.77. The Kier molecular flexibility index (Phi) is 5.77. The Bertz CT molecular complexity index is 711. The van der Waals surface area contributed by atoms with Crippen molar-refractivity contribution < 1.29 is 14.3 Å². The van der Waals surface area contributed by atoms with Gasteiger partial charge < -0.3 is 10.1 Å². The number of carbonyl (C=O) groups excluding carboxylic acids is 2. The monoisotopic (exact) mass is 331 g/mol. The van der Waals surface area contributed by atoms with Gasteiger partial charge >= 0.3 is 0 Å². The summed E-state index contributed by atoms with van der Waals surface area (Å²) in [6.45, 7) is 3.71. The van der Waals surface area contributed by atoms with Crippen LogP contribution in [-0.4, -0.2) is 24.8 Å². The van der Waals surface area contributed by atoms with E-state index in [-0.39, 0.29) is 24.8 Å². The molecule has 1 N–H and O–H groups in total. The van der Waals surface area contributed by atoms with E-state index in [4.69, 9.17) is 16.3 Å². The molecule has 0 fully saturated rings. The molecule has 0 atom stereocenters. The van der Waals surface area contributed by atoms with Crippen LogP contribution in [0.5, 0.6) is 5.75 Å². The second-order valence-electron chi connectivity index (χ2n) is 5.26. The quantitative estimate of drug-likeness (QED) is 0.826. The molecule has 2 aromatic carbocycles. The number of hydrogen-bond acceptors (Lipinski definition) is 3. The summed E-state index contributed by atoms with van der Waals surface area (Å²) < 4.78 is 5.47. The highest BCUT2D eigenvalue weighted by Gasteiger charge is 2.09. The van der Waals surface area contributed by atoms with Crippen LogP contribution in [0.25, 0.3) is 0 Å². The van der Waals surface area contributed by atoms with Crippen LogP contribution in [-0.2, 0) is 4.79 Å². The van der Waals surface area contributed by atoms with Gasteiger partial charge in [0.05, 0.1) is 6.54 Å². The number of hydrogen-bond donors (Lipinski definition) is 1. The molecule has 0 aliphatic heterocycles. The topological polar surface area (TPSA) is 55.4 Å². The van der Waals surface area contributed by atoms with Gasteiger partial charge in [-0.25, -0.2) is 0 Å². The molecule has 2 rings (SSSR count). The summed E-state index contributed by atoms with van der Waals surface area (Å²) in [5, 5.41) is 3.11. The molecule has 0 saturated heterocycles. The Hall–Kier alpha value is -2.33. The molecule has 0 spiro atoms. The maximum atomic E-state index is 11.9. The van der Waals surface area contributed by atoms with Gasteiger partial charge in [-0.1, -0.05) is 29.3 Å². The molecular formula is C18H18ClNO3. The third-order valence-corrected chi connectivity index (χ3v) is 3.55. The largest absolute Gasteiger partial charge is 0.484 e. The van der Waals surface area contributed by atoms with Gasteiger partial charge in [-0.2, -0.15) is 0 Å². The molecule has 0 aliphatic carbocycles. The number of aryl methyl sites for hydroxylation is 2. The standard InChI is InChI=1S/C18H18ClNO3/c1-12-3-8-17(13(2)9-12)23-11-18(22)20-10-16(21)14-4-6-15(19)7-5-14/h3-9H,10-11H2,1-2H3,(H,20,22). The Morgan fingerprint density at radius 1 is 1.09 bits per heavy atom. The lowest BCUT2D eigenvalue weighted by atomic mass is 10.1. The SMILES string of the molecule is Cc1ccc(OCC(=O)NCC(=O)c2ccc(Cl)cc2)c(C)c1. The smallest absolute Gasteiger partial charge is 0.258 e. The molecule has 0 aromatic heterocycles. The summed E-state index contributed by atoms with van der Waals surface area (Å²) in [5.74, 6) is 0.142. The fourth-order valence-corrected chi connectivity index (χ4v) is 2.20. The summed E-state index contributed by atoms with van der Waals surface area (Å²) in [7, 11) is 0. The molecule has 5 heteroatoms. The molecule has 23 heavy (non-hydrogen) atoms. The second-order valence-corrected chi connectivity index (χ2v) is 5.70. The molecule has 120 valence electrons. The number of amides is 1. The summed E-state index contributed by atoms with van der Waals surface area (Å²) in [6.07, 6.45) is 0. The fourth-order valence-electron chi connectivity index (χ4n) is 2.07. The van der Waals surface area contributed by atoms with Crippen LogP contribution in [0.1, 0.15) is 21.5 Å². The Morgan fingerprint density at radius 3 is 2.43 bits per heavy atom. The lowest BCUT2D eigenvalue weighted by molar-refractivity contribution is -0.122. The van der Waals surface area contributed by atoms with Gasteiger partial charge in [0.2, 0.25) is 0 Å². The van der Waals surface area contributed by atoms with E-state index in [0.717, 1.165) is 11.1 Å². The zero-order valence-corrected chi connectivity index (χ0v) is 13.8. The average molecular weight is 332 g/mol. The molecule has 0 radical (unpaired) electrons. The lowest BCUT2D eigenvalue weighted by Gasteiger charge is -2.10. The molecule has 0 unspecified atom stereocenters. The lowest BCUT2D eigenvalue weighted by Crippen LogP contribution is -2.33. The van der Waals surface area contributed by atoms with Gasteiger partial charge in [0.15, 0.2) is 12.4 Å². The maximum Gasteiger partial charge on any atom is 0.258 e. The first-order valence-electron chi connectivity index (χ1n) is 7.21. The van der Waals surface area contributed by atoms with E-state index in [1.54, 1.807) is 24.3 Å². The summed E-state index contributed by atoms with van der Waals surface area (Å²) in [5.41, 5.74) is 2.60. The van der Waals surface area contributed by atoms with Gasteiger partial charge in [0.1, 0.15) is 5.75 Å². The highest BCUT2D eigenvalue weighted by molar-refractivity contribution is 6.30. The van der Waals surface area contributed by atoms with Crippen LogP contribution in [0.3, 0.4) is 0 Å². The van der Waals surface area contributed by atoms with Gasteiger partial charge in [-0.05, 0) is 49.7 Å². The number of benzene rings is 2. The fraction of sp³-hybridized carbons (Fsp3) is 0.222. The van der Waals surface area contributed by atoms with E-state index >= 15 is 0 Å². The first kappa shape index (κ1) is 17.0. The third-order valence-electron chi connectivity index (χ3n) is 3.30. The normalized spacial score (nSPS) is 10.2. The predicted molar refractivity (Wildman–Crippen MR) is 90.2 cm³/mol. The number of ether oxygens (including phenoxy) is 1. The van der Waals surface area contributed by atoms with Gasteiger partial charge in [0, 0.05) is 10.6 Å². The second kappa shape index (κ2) is 7.79. The first-order valence-corrected chi connectivity index (χ1v) is 7.59. The van der Waals surface area contributed by atoms with Crippen molar-refractivity contribution in [3.05, 3.63) is 64.2 Å². The van der Waals surface area contributed by atoms with E-state index in [1.807, 2.05) is 32.0 Å². The number of ketones is 1. The predicted octanol–water partition coefficient (Wildman–Crippen LogP) is 3.33. The minimum atomic E-state index is -0.340. The van der Waals surface area contributed by atoms with Crippen molar-refractivity contribution in [3.8, 4) is 5.75 Å².